The van der Waals surface area contributed by atoms with Crippen molar-refractivity contribution in [2.24, 2.45) is 0 Å². The number of aryl methyl sites for hydroxylation is 1. The molecular formula is C24H26N4O2. The summed E-state index contributed by atoms with van der Waals surface area (Å²) in [7, 11) is 1.59. The van der Waals surface area contributed by atoms with Crippen molar-refractivity contribution in [2.75, 3.05) is 25.5 Å². The van der Waals surface area contributed by atoms with E-state index in [1.807, 2.05) is 53.4 Å². The molecule has 0 spiro atoms. The van der Waals surface area contributed by atoms with Gasteiger partial charge >= 0.3 is 0 Å². The third-order valence-corrected chi connectivity index (χ3v) is 5.53. The maximum absolute atomic E-state index is 13.1. The second-order valence-corrected chi connectivity index (χ2v) is 7.54. The van der Waals surface area contributed by atoms with E-state index in [4.69, 9.17) is 9.72 Å². The maximum Gasteiger partial charge on any atom is 0.257 e. The van der Waals surface area contributed by atoms with E-state index in [1.54, 1.807) is 13.3 Å². The fourth-order valence-electron chi connectivity index (χ4n) is 3.89. The number of para-hydroxylation sites is 2. The first-order valence-corrected chi connectivity index (χ1v) is 10.2. The van der Waals surface area contributed by atoms with Gasteiger partial charge in [0.05, 0.1) is 18.4 Å². The molecule has 1 amide bonds. The lowest BCUT2D eigenvalue weighted by atomic mass is 9.94. The number of hydrogen-bond acceptors (Lipinski definition) is 5. The second kappa shape index (κ2) is 8.95. The molecule has 154 valence electrons. The Hall–Kier alpha value is -3.41. The van der Waals surface area contributed by atoms with Crippen molar-refractivity contribution in [3.63, 3.8) is 0 Å². The van der Waals surface area contributed by atoms with Gasteiger partial charge in [-0.25, -0.2) is 9.97 Å². The Kier molecular flexibility index (Phi) is 5.93. The summed E-state index contributed by atoms with van der Waals surface area (Å²) < 4.78 is 5.37. The fraction of sp³-hybridized carbons (Fsp3) is 0.292. The molecule has 3 aromatic rings. The number of carbonyl (C=O) groups is 1. The van der Waals surface area contributed by atoms with E-state index in [1.165, 1.54) is 0 Å². The van der Waals surface area contributed by atoms with Crippen LogP contribution in [0.5, 0.6) is 5.75 Å². The Bertz CT molecular complexity index is 1040. The number of ether oxygens (including phenoxy) is 1. The lowest BCUT2D eigenvalue weighted by molar-refractivity contribution is 0.0702. The fourth-order valence-corrected chi connectivity index (χ4v) is 3.89. The Balaban J connectivity index is 1.51. The summed E-state index contributed by atoms with van der Waals surface area (Å²) in [6.07, 6.45) is 3.72. The van der Waals surface area contributed by atoms with Gasteiger partial charge in [0, 0.05) is 30.9 Å². The van der Waals surface area contributed by atoms with E-state index in [-0.39, 0.29) is 11.8 Å². The lowest BCUT2D eigenvalue weighted by Gasteiger charge is -2.33. The molecule has 30 heavy (non-hydrogen) atoms. The summed E-state index contributed by atoms with van der Waals surface area (Å²) in [4.78, 5) is 24.1. The molecule has 0 radical (unpaired) electrons. The number of benzene rings is 2. The van der Waals surface area contributed by atoms with Gasteiger partial charge in [0.15, 0.2) is 0 Å². The molecule has 0 aliphatic carbocycles. The van der Waals surface area contributed by atoms with E-state index in [9.17, 15) is 4.79 Å². The number of rotatable bonds is 5. The molecule has 1 aliphatic heterocycles. The molecule has 6 nitrogen and oxygen atoms in total. The number of piperidine rings is 1. The van der Waals surface area contributed by atoms with Crippen molar-refractivity contribution in [3.05, 3.63) is 77.6 Å². The van der Waals surface area contributed by atoms with Crippen LogP contribution in [-0.2, 0) is 0 Å². The van der Waals surface area contributed by atoms with Crippen LogP contribution in [0.4, 0.5) is 11.6 Å². The third kappa shape index (κ3) is 4.27. The monoisotopic (exact) mass is 402 g/mol. The van der Waals surface area contributed by atoms with Crippen molar-refractivity contribution >= 4 is 17.5 Å². The summed E-state index contributed by atoms with van der Waals surface area (Å²) in [6.45, 7) is 3.43. The van der Waals surface area contributed by atoms with Crippen LogP contribution in [0.25, 0.3) is 0 Å². The van der Waals surface area contributed by atoms with Gasteiger partial charge in [0.2, 0.25) is 5.95 Å². The van der Waals surface area contributed by atoms with E-state index in [0.29, 0.717) is 23.8 Å². The summed E-state index contributed by atoms with van der Waals surface area (Å²) in [5.74, 6) is 1.37. The van der Waals surface area contributed by atoms with Crippen molar-refractivity contribution < 1.29 is 9.53 Å². The standard InChI is InChI=1S/C24H26N4O2/c1-17-8-3-5-11-20(17)26-24-25-14-13-21(27-24)18-9-7-15-28(16-18)23(29)19-10-4-6-12-22(19)30-2/h3-6,8,10-14,18H,7,9,15-16H2,1-2H3,(H,25,26,27). The number of methoxy groups -OCH3 is 1. The third-order valence-electron chi connectivity index (χ3n) is 5.53. The first-order chi connectivity index (χ1) is 14.7. The van der Waals surface area contributed by atoms with Gasteiger partial charge in [-0.2, -0.15) is 0 Å². The zero-order chi connectivity index (χ0) is 20.9. The minimum Gasteiger partial charge on any atom is -0.496 e. The zero-order valence-electron chi connectivity index (χ0n) is 17.3. The second-order valence-electron chi connectivity index (χ2n) is 7.54. The van der Waals surface area contributed by atoms with Gasteiger partial charge in [-0.1, -0.05) is 30.3 Å². The van der Waals surface area contributed by atoms with Gasteiger partial charge in [-0.15, -0.1) is 0 Å². The molecule has 1 atom stereocenters. The highest BCUT2D eigenvalue weighted by molar-refractivity contribution is 5.97. The number of likely N-dealkylation sites (tertiary alicyclic amines) is 1. The molecule has 1 N–H and O–H groups in total. The lowest BCUT2D eigenvalue weighted by Crippen LogP contribution is -2.39. The van der Waals surface area contributed by atoms with Crippen LogP contribution in [0.15, 0.2) is 60.8 Å². The summed E-state index contributed by atoms with van der Waals surface area (Å²) in [6, 6.07) is 17.4. The molecule has 1 aromatic heterocycles. The topological polar surface area (TPSA) is 67.3 Å². The van der Waals surface area contributed by atoms with Crippen LogP contribution in [0.2, 0.25) is 0 Å². The first-order valence-electron chi connectivity index (χ1n) is 10.2. The summed E-state index contributed by atoms with van der Waals surface area (Å²) >= 11 is 0. The Labute approximate surface area is 176 Å². The van der Waals surface area contributed by atoms with Crippen LogP contribution in [-0.4, -0.2) is 41.0 Å². The normalized spacial score (nSPS) is 16.2. The number of nitrogens with zero attached hydrogens (tertiary/aromatic N) is 3. The van der Waals surface area contributed by atoms with E-state index >= 15 is 0 Å². The van der Waals surface area contributed by atoms with Gasteiger partial charge in [0.25, 0.3) is 5.91 Å². The number of nitrogens with one attached hydrogen (secondary N) is 1. The van der Waals surface area contributed by atoms with Crippen LogP contribution in [0.3, 0.4) is 0 Å². The van der Waals surface area contributed by atoms with Gasteiger partial charge in [0.1, 0.15) is 5.75 Å². The molecule has 1 fully saturated rings. The molecule has 0 bridgehead atoms. The van der Waals surface area contributed by atoms with Crippen molar-refractivity contribution in [1.82, 2.24) is 14.9 Å². The highest BCUT2D eigenvalue weighted by atomic mass is 16.5. The first kappa shape index (κ1) is 19.9. The zero-order valence-corrected chi connectivity index (χ0v) is 17.3. The number of anilines is 2. The van der Waals surface area contributed by atoms with Gasteiger partial charge < -0.3 is 15.0 Å². The Morgan fingerprint density at radius 2 is 1.93 bits per heavy atom. The molecular weight excluding hydrogens is 376 g/mol. The van der Waals surface area contributed by atoms with Crippen molar-refractivity contribution in [1.29, 1.82) is 0 Å². The molecule has 4 rings (SSSR count). The van der Waals surface area contributed by atoms with E-state index in [2.05, 4.69) is 23.3 Å². The Morgan fingerprint density at radius 3 is 2.77 bits per heavy atom. The molecule has 1 aliphatic rings. The highest BCUT2D eigenvalue weighted by Crippen LogP contribution is 2.29. The number of carbonyl (C=O) groups excluding carboxylic acids is 1. The maximum atomic E-state index is 13.1. The number of hydrogen-bond donors (Lipinski definition) is 1. The van der Waals surface area contributed by atoms with Crippen LogP contribution < -0.4 is 10.1 Å². The van der Waals surface area contributed by atoms with Gasteiger partial charge in [-0.05, 0) is 49.6 Å². The van der Waals surface area contributed by atoms with Crippen LogP contribution in [0, 0.1) is 6.92 Å². The SMILES string of the molecule is COc1ccccc1C(=O)N1CCCC(c2ccnc(Nc3ccccc3C)n2)C1. The van der Waals surface area contributed by atoms with Crippen molar-refractivity contribution in [2.45, 2.75) is 25.7 Å². The minimum absolute atomic E-state index is 0.00413. The van der Waals surface area contributed by atoms with Crippen LogP contribution in [0.1, 0.15) is 40.4 Å². The quantitative estimate of drug-likeness (QED) is 0.678. The van der Waals surface area contributed by atoms with E-state index < -0.39 is 0 Å². The largest absolute Gasteiger partial charge is 0.496 e. The molecule has 1 saturated heterocycles. The van der Waals surface area contributed by atoms with Crippen molar-refractivity contribution in [3.8, 4) is 5.75 Å². The average Bonchev–Trinajstić information content (AvgIpc) is 2.80. The average molecular weight is 402 g/mol. The summed E-state index contributed by atoms with van der Waals surface area (Å²) in [5, 5.41) is 3.31. The van der Waals surface area contributed by atoms with Crippen LogP contribution >= 0.6 is 0 Å². The highest BCUT2D eigenvalue weighted by Gasteiger charge is 2.28. The summed E-state index contributed by atoms with van der Waals surface area (Å²) in [5.41, 5.74) is 3.69. The minimum atomic E-state index is 0.00413. The molecule has 1 unspecified atom stereocenters. The molecule has 2 aromatic carbocycles. The smallest absolute Gasteiger partial charge is 0.257 e. The number of amides is 1. The molecule has 2 heterocycles. The van der Waals surface area contributed by atoms with E-state index in [0.717, 1.165) is 36.3 Å². The molecule has 6 heteroatoms. The predicted molar refractivity (Wildman–Crippen MR) is 117 cm³/mol. The van der Waals surface area contributed by atoms with Gasteiger partial charge in [-0.3, -0.25) is 4.79 Å². The molecule has 0 saturated carbocycles. The predicted octanol–water partition coefficient (Wildman–Crippen LogP) is 4.56. The number of aromatic nitrogens is 2. The Morgan fingerprint density at radius 1 is 1.13 bits per heavy atom.